The molecular weight excluding hydrogens is 294 g/mol. The Hall–Kier alpha value is -2.40. The van der Waals surface area contributed by atoms with Gasteiger partial charge < -0.3 is 19.9 Å². The molecule has 0 amide bonds. The van der Waals surface area contributed by atoms with Crippen molar-refractivity contribution in [2.75, 3.05) is 19.5 Å². The normalized spacial score (nSPS) is 10.0. The molecule has 0 heterocycles. The Balaban J connectivity index is 2.36. The van der Waals surface area contributed by atoms with E-state index in [0.717, 1.165) is 0 Å². The van der Waals surface area contributed by atoms with Crippen LogP contribution in [0, 0.1) is 0 Å². The van der Waals surface area contributed by atoms with E-state index < -0.39 is 5.97 Å². The summed E-state index contributed by atoms with van der Waals surface area (Å²) in [7, 11) is 3.08. The van der Waals surface area contributed by atoms with Gasteiger partial charge in [0.05, 0.1) is 25.5 Å². The van der Waals surface area contributed by atoms with Crippen LogP contribution in [0.15, 0.2) is 36.4 Å². The van der Waals surface area contributed by atoms with Crippen LogP contribution < -0.4 is 14.8 Å². The summed E-state index contributed by atoms with van der Waals surface area (Å²) in [6, 6.07) is 9.85. The number of anilines is 2. The van der Waals surface area contributed by atoms with Crippen molar-refractivity contribution >= 4 is 28.9 Å². The number of nitrogens with one attached hydrogen (secondary N) is 1. The van der Waals surface area contributed by atoms with Gasteiger partial charge in [-0.25, -0.2) is 4.79 Å². The highest BCUT2D eigenvalue weighted by molar-refractivity contribution is 6.31. The minimum atomic E-state index is -1.06. The number of benzene rings is 2. The van der Waals surface area contributed by atoms with Gasteiger partial charge in [-0.15, -0.1) is 0 Å². The van der Waals surface area contributed by atoms with E-state index in [1.165, 1.54) is 13.2 Å². The number of hydrogen-bond donors (Lipinski definition) is 2. The number of carboxylic acid groups (broad SMARTS) is 1. The Bertz CT molecular complexity index is 673. The Morgan fingerprint density at radius 1 is 1.10 bits per heavy atom. The molecule has 5 nitrogen and oxygen atoms in total. The summed E-state index contributed by atoms with van der Waals surface area (Å²) in [6.07, 6.45) is 0. The number of carbonyl (C=O) groups is 1. The van der Waals surface area contributed by atoms with Gasteiger partial charge in [-0.1, -0.05) is 11.6 Å². The van der Waals surface area contributed by atoms with E-state index in [1.54, 1.807) is 37.4 Å². The number of carboxylic acids is 1. The van der Waals surface area contributed by atoms with Crippen LogP contribution in [0.1, 0.15) is 10.4 Å². The fraction of sp³-hybridized carbons (Fsp3) is 0.133. The first-order chi connectivity index (χ1) is 10.0. The van der Waals surface area contributed by atoms with E-state index in [1.807, 2.05) is 0 Å². The van der Waals surface area contributed by atoms with Gasteiger partial charge >= 0.3 is 5.97 Å². The summed E-state index contributed by atoms with van der Waals surface area (Å²) in [6.45, 7) is 0. The van der Waals surface area contributed by atoms with Crippen LogP contribution in [0.2, 0.25) is 5.02 Å². The van der Waals surface area contributed by atoms with E-state index in [2.05, 4.69) is 5.32 Å². The standard InChI is InChI=1S/C15H14ClNO4/c1-20-13-6-4-10(8-14(13)21-2)17-12-5-3-9(16)7-11(12)15(18)19/h3-8,17H,1-2H3,(H,18,19). The molecule has 0 aliphatic rings. The van der Waals surface area contributed by atoms with Gasteiger partial charge in [0.1, 0.15) is 0 Å². The van der Waals surface area contributed by atoms with Crippen LogP contribution in [0.3, 0.4) is 0 Å². The number of aromatic carboxylic acids is 1. The first-order valence-electron chi connectivity index (χ1n) is 6.07. The lowest BCUT2D eigenvalue weighted by Gasteiger charge is -2.13. The number of halogens is 1. The van der Waals surface area contributed by atoms with E-state index in [-0.39, 0.29) is 5.56 Å². The van der Waals surface area contributed by atoms with Crippen LogP contribution in [-0.2, 0) is 0 Å². The molecule has 2 aromatic rings. The summed E-state index contributed by atoms with van der Waals surface area (Å²) >= 11 is 5.82. The molecule has 0 unspecified atom stereocenters. The molecule has 0 saturated carbocycles. The van der Waals surface area contributed by atoms with Gasteiger partial charge in [0.15, 0.2) is 11.5 Å². The van der Waals surface area contributed by atoms with Gasteiger partial charge in [0, 0.05) is 16.8 Å². The molecule has 2 aromatic carbocycles. The first kappa shape index (κ1) is 15.0. The lowest BCUT2D eigenvalue weighted by atomic mass is 10.1. The largest absolute Gasteiger partial charge is 0.493 e. The Morgan fingerprint density at radius 3 is 2.43 bits per heavy atom. The number of ether oxygens (including phenoxy) is 2. The molecule has 0 aliphatic heterocycles. The van der Waals surface area contributed by atoms with Crippen LogP contribution in [0.25, 0.3) is 0 Å². The van der Waals surface area contributed by atoms with Gasteiger partial charge in [-0.05, 0) is 30.3 Å². The average molecular weight is 308 g/mol. The maximum Gasteiger partial charge on any atom is 0.337 e. The van der Waals surface area contributed by atoms with Crippen LogP contribution >= 0.6 is 11.6 Å². The maximum absolute atomic E-state index is 11.2. The minimum absolute atomic E-state index is 0.0947. The zero-order valence-electron chi connectivity index (χ0n) is 11.5. The molecule has 21 heavy (non-hydrogen) atoms. The van der Waals surface area contributed by atoms with Crippen molar-refractivity contribution < 1.29 is 19.4 Å². The van der Waals surface area contributed by atoms with Crippen molar-refractivity contribution in [3.8, 4) is 11.5 Å². The molecule has 6 heteroatoms. The lowest BCUT2D eigenvalue weighted by Crippen LogP contribution is -2.03. The highest BCUT2D eigenvalue weighted by Gasteiger charge is 2.12. The highest BCUT2D eigenvalue weighted by atomic mass is 35.5. The molecule has 0 fully saturated rings. The summed E-state index contributed by atoms with van der Waals surface area (Å²) in [5.74, 6) is 0.0893. The van der Waals surface area contributed by atoms with E-state index in [4.69, 9.17) is 21.1 Å². The molecule has 0 radical (unpaired) electrons. The smallest absolute Gasteiger partial charge is 0.337 e. The van der Waals surface area contributed by atoms with Crippen molar-refractivity contribution in [3.63, 3.8) is 0 Å². The fourth-order valence-corrected chi connectivity index (χ4v) is 2.04. The summed E-state index contributed by atoms with van der Waals surface area (Å²) in [5, 5.41) is 12.6. The van der Waals surface area contributed by atoms with Crippen molar-refractivity contribution in [3.05, 3.63) is 47.0 Å². The molecule has 0 bridgehead atoms. The maximum atomic E-state index is 11.2. The van der Waals surface area contributed by atoms with E-state index >= 15 is 0 Å². The van der Waals surface area contributed by atoms with Crippen LogP contribution in [0.5, 0.6) is 11.5 Å². The van der Waals surface area contributed by atoms with Gasteiger partial charge in [-0.2, -0.15) is 0 Å². The third kappa shape index (κ3) is 3.38. The molecule has 0 aliphatic carbocycles. The molecule has 0 aromatic heterocycles. The molecule has 0 spiro atoms. The quantitative estimate of drug-likeness (QED) is 0.879. The van der Waals surface area contributed by atoms with E-state index in [0.29, 0.717) is 27.9 Å². The van der Waals surface area contributed by atoms with Crippen molar-refractivity contribution in [2.24, 2.45) is 0 Å². The Labute approximate surface area is 127 Å². The number of hydrogen-bond acceptors (Lipinski definition) is 4. The monoisotopic (exact) mass is 307 g/mol. The second kappa shape index (κ2) is 6.37. The first-order valence-corrected chi connectivity index (χ1v) is 6.45. The Kier molecular flexibility index (Phi) is 4.55. The van der Waals surface area contributed by atoms with Crippen molar-refractivity contribution in [1.29, 1.82) is 0 Å². The van der Waals surface area contributed by atoms with E-state index in [9.17, 15) is 9.90 Å². The van der Waals surface area contributed by atoms with Gasteiger partial charge in [0.2, 0.25) is 0 Å². The molecule has 0 atom stereocenters. The molecule has 110 valence electrons. The van der Waals surface area contributed by atoms with Gasteiger partial charge in [0.25, 0.3) is 0 Å². The second-order valence-corrected chi connectivity index (χ2v) is 4.63. The minimum Gasteiger partial charge on any atom is -0.493 e. The molecular formula is C15H14ClNO4. The second-order valence-electron chi connectivity index (χ2n) is 4.19. The van der Waals surface area contributed by atoms with Gasteiger partial charge in [-0.3, -0.25) is 0 Å². The predicted octanol–water partition coefficient (Wildman–Crippen LogP) is 3.80. The molecule has 0 saturated heterocycles. The summed E-state index contributed by atoms with van der Waals surface area (Å²) < 4.78 is 10.4. The fourth-order valence-electron chi connectivity index (χ4n) is 1.87. The average Bonchev–Trinajstić information content (AvgIpc) is 2.48. The summed E-state index contributed by atoms with van der Waals surface area (Å²) in [4.78, 5) is 11.2. The van der Waals surface area contributed by atoms with Crippen LogP contribution in [0.4, 0.5) is 11.4 Å². The zero-order valence-corrected chi connectivity index (χ0v) is 12.3. The predicted molar refractivity (Wildman–Crippen MR) is 81.2 cm³/mol. The SMILES string of the molecule is COc1ccc(Nc2ccc(Cl)cc2C(=O)O)cc1OC. The van der Waals surface area contributed by atoms with Crippen LogP contribution in [-0.4, -0.2) is 25.3 Å². The molecule has 2 rings (SSSR count). The van der Waals surface area contributed by atoms with Crippen molar-refractivity contribution in [1.82, 2.24) is 0 Å². The van der Waals surface area contributed by atoms with Crippen molar-refractivity contribution in [2.45, 2.75) is 0 Å². The lowest BCUT2D eigenvalue weighted by molar-refractivity contribution is 0.0698. The third-order valence-corrected chi connectivity index (χ3v) is 3.11. The third-order valence-electron chi connectivity index (χ3n) is 2.87. The Morgan fingerprint density at radius 2 is 1.81 bits per heavy atom. The molecule has 2 N–H and O–H groups in total. The highest BCUT2D eigenvalue weighted by Crippen LogP contribution is 2.32. The number of rotatable bonds is 5. The zero-order chi connectivity index (χ0) is 15.4. The topological polar surface area (TPSA) is 67.8 Å². The summed E-state index contributed by atoms with van der Waals surface area (Å²) in [5.41, 5.74) is 1.22. The number of methoxy groups -OCH3 is 2.